The Morgan fingerprint density at radius 3 is 3.18 bits per heavy atom. The van der Waals surface area contributed by atoms with Crippen molar-refractivity contribution in [1.29, 1.82) is 0 Å². The van der Waals surface area contributed by atoms with Crippen molar-refractivity contribution in [2.75, 3.05) is 13.2 Å². The lowest BCUT2D eigenvalue weighted by Crippen LogP contribution is -2.25. The Kier molecular flexibility index (Phi) is 4.05. The normalized spacial score (nSPS) is 14.9. The van der Waals surface area contributed by atoms with Crippen LogP contribution in [0, 0.1) is 0 Å². The van der Waals surface area contributed by atoms with Gasteiger partial charge in [-0.2, -0.15) is 0 Å². The van der Waals surface area contributed by atoms with Gasteiger partial charge >= 0.3 is 0 Å². The van der Waals surface area contributed by atoms with Crippen LogP contribution < -0.4 is 10.1 Å². The third-order valence-corrected chi connectivity index (χ3v) is 3.24. The zero-order valence-electron chi connectivity index (χ0n) is 9.83. The SMILES string of the molecule is CC(Br)CCNC(=O)c1ccc2c(c1)CCO2. The van der Waals surface area contributed by atoms with Gasteiger partial charge in [-0.3, -0.25) is 4.79 Å². The largest absolute Gasteiger partial charge is 0.493 e. The minimum absolute atomic E-state index is 0.00662. The highest BCUT2D eigenvalue weighted by Crippen LogP contribution is 2.25. The lowest BCUT2D eigenvalue weighted by molar-refractivity contribution is 0.0953. The van der Waals surface area contributed by atoms with Crippen LogP contribution in [0.2, 0.25) is 0 Å². The molecular weight excluding hydrogens is 282 g/mol. The van der Waals surface area contributed by atoms with Gasteiger partial charge in [0.2, 0.25) is 0 Å². The van der Waals surface area contributed by atoms with Gasteiger partial charge in [0.15, 0.2) is 0 Å². The van der Waals surface area contributed by atoms with E-state index in [9.17, 15) is 4.79 Å². The first-order chi connectivity index (χ1) is 8.16. The van der Waals surface area contributed by atoms with Crippen molar-refractivity contribution in [2.45, 2.75) is 24.6 Å². The lowest BCUT2D eigenvalue weighted by atomic mass is 10.1. The van der Waals surface area contributed by atoms with Crippen LogP contribution in [0.25, 0.3) is 0 Å². The minimum Gasteiger partial charge on any atom is -0.493 e. The van der Waals surface area contributed by atoms with E-state index in [0.29, 0.717) is 11.4 Å². The summed E-state index contributed by atoms with van der Waals surface area (Å²) in [5, 5.41) is 2.91. The molecule has 1 aromatic rings. The fourth-order valence-corrected chi connectivity index (χ4v) is 2.04. The average molecular weight is 298 g/mol. The van der Waals surface area contributed by atoms with E-state index in [2.05, 4.69) is 28.2 Å². The van der Waals surface area contributed by atoms with E-state index >= 15 is 0 Å². The van der Waals surface area contributed by atoms with Crippen molar-refractivity contribution in [2.24, 2.45) is 0 Å². The summed E-state index contributed by atoms with van der Waals surface area (Å²) in [5.74, 6) is 0.906. The highest BCUT2D eigenvalue weighted by molar-refractivity contribution is 9.09. The molecule has 1 atom stereocenters. The van der Waals surface area contributed by atoms with Gasteiger partial charge in [0, 0.05) is 23.4 Å². The Hall–Kier alpha value is -1.03. The maximum Gasteiger partial charge on any atom is 0.251 e. The number of halogens is 1. The highest BCUT2D eigenvalue weighted by Gasteiger charge is 2.14. The van der Waals surface area contributed by atoms with Gasteiger partial charge in [0.05, 0.1) is 6.61 Å². The van der Waals surface area contributed by atoms with Crippen molar-refractivity contribution in [3.05, 3.63) is 29.3 Å². The Morgan fingerprint density at radius 2 is 2.41 bits per heavy atom. The third-order valence-electron chi connectivity index (χ3n) is 2.78. The molecule has 1 aliphatic heterocycles. The molecule has 2 rings (SSSR count). The summed E-state index contributed by atoms with van der Waals surface area (Å²) in [4.78, 5) is 12.3. The average Bonchev–Trinajstić information content (AvgIpc) is 2.75. The monoisotopic (exact) mass is 297 g/mol. The zero-order valence-corrected chi connectivity index (χ0v) is 11.4. The molecule has 92 valence electrons. The molecule has 4 heteroatoms. The van der Waals surface area contributed by atoms with Crippen molar-refractivity contribution in [3.63, 3.8) is 0 Å². The van der Waals surface area contributed by atoms with E-state index in [0.717, 1.165) is 36.3 Å². The number of benzene rings is 1. The molecule has 0 bridgehead atoms. The number of alkyl halides is 1. The molecule has 0 aliphatic carbocycles. The van der Waals surface area contributed by atoms with Gasteiger partial charge in [-0.25, -0.2) is 0 Å². The fraction of sp³-hybridized carbons (Fsp3) is 0.462. The quantitative estimate of drug-likeness (QED) is 0.868. The first-order valence-electron chi connectivity index (χ1n) is 5.85. The van der Waals surface area contributed by atoms with Crippen LogP contribution in [0.5, 0.6) is 5.75 Å². The smallest absolute Gasteiger partial charge is 0.251 e. The van der Waals surface area contributed by atoms with Crippen LogP contribution in [-0.2, 0) is 6.42 Å². The van der Waals surface area contributed by atoms with Crippen LogP contribution in [0.15, 0.2) is 18.2 Å². The fourth-order valence-electron chi connectivity index (χ4n) is 1.81. The summed E-state index contributed by atoms with van der Waals surface area (Å²) in [7, 11) is 0. The van der Waals surface area contributed by atoms with Gasteiger partial charge in [0.1, 0.15) is 5.75 Å². The molecule has 3 nitrogen and oxygen atoms in total. The second-order valence-electron chi connectivity index (χ2n) is 4.25. The predicted octanol–water partition coefficient (Wildman–Crippen LogP) is 2.52. The molecule has 1 heterocycles. The highest BCUT2D eigenvalue weighted by atomic mass is 79.9. The number of nitrogens with one attached hydrogen (secondary N) is 1. The molecule has 17 heavy (non-hydrogen) atoms. The van der Waals surface area contributed by atoms with Crippen LogP contribution >= 0.6 is 15.9 Å². The van der Waals surface area contributed by atoms with Gasteiger partial charge < -0.3 is 10.1 Å². The maximum absolute atomic E-state index is 11.9. The van der Waals surface area contributed by atoms with Crippen LogP contribution in [0.3, 0.4) is 0 Å². The van der Waals surface area contributed by atoms with Crippen LogP contribution in [0.4, 0.5) is 0 Å². The number of carbonyl (C=O) groups is 1. The Balaban J connectivity index is 1.95. The molecule has 1 aliphatic rings. The number of hydrogen-bond acceptors (Lipinski definition) is 2. The summed E-state index contributed by atoms with van der Waals surface area (Å²) in [6.45, 7) is 3.49. The van der Waals surface area contributed by atoms with Gasteiger partial charge in [-0.05, 0) is 30.2 Å². The molecule has 0 saturated heterocycles. The number of amides is 1. The van der Waals surface area contributed by atoms with Crippen LogP contribution in [-0.4, -0.2) is 23.9 Å². The molecule has 1 N–H and O–H groups in total. The van der Waals surface area contributed by atoms with Crippen LogP contribution in [0.1, 0.15) is 29.3 Å². The predicted molar refractivity (Wildman–Crippen MR) is 71.0 cm³/mol. The second kappa shape index (κ2) is 5.54. The molecule has 0 spiro atoms. The van der Waals surface area contributed by atoms with E-state index < -0.39 is 0 Å². The Labute approximate surface area is 110 Å². The molecule has 1 unspecified atom stereocenters. The number of rotatable bonds is 4. The summed E-state index contributed by atoms with van der Waals surface area (Å²) in [6.07, 6.45) is 1.83. The third kappa shape index (κ3) is 3.22. The number of carbonyl (C=O) groups excluding carboxylic acids is 1. The number of ether oxygens (including phenoxy) is 1. The number of fused-ring (bicyclic) bond motifs is 1. The van der Waals surface area contributed by atoms with Crippen molar-refractivity contribution < 1.29 is 9.53 Å². The summed E-state index contributed by atoms with van der Waals surface area (Å²) in [6, 6.07) is 5.62. The summed E-state index contributed by atoms with van der Waals surface area (Å²) in [5.41, 5.74) is 1.85. The van der Waals surface area contributed by atoms with Gasteiger partial charge in [-0.1, -0.05) is 22.9 Å². The van der Waals surface area contributed by atoms with E-state index in [-0.39, 0.29) is 5.91 Å². The van der Waals surface area contributed by atoms with E-state index in [1.54, 1.807) is 0 Å². The Morgan fingerprint density at radius 1 is 1.59 bits per heavy atom. The first kappa shape index (κ1) is 12.4. The molecular formula is C13H16BrNO2. The molecule has 0 radical (unpaired) electrons. The molecule has 0 aromatic heterocycles. The standard InChI is InChI=1S/C13H16BrNO2/c1-9(14)4-6-15-13(16)11-2-3-12-10(8-11)5-7-17-12/h2-3,8-9H,4-7H2,1H3,(H,15,16). The minimum atomic E-state index is -0.00662. The Bertz CT molecular complexity index is 418. The van der Waals surface area contributed by atoms with Crippen molar-refractivity contribution in [1.82, 2.24) is 5.32 Å². The van der Waals surface area contributed by atoms with Crippen molar-refractivity contribution in [3.8, 4) is 5.75 Å². The maximum atomic E-state index is 11.9. The second-order valence-corrected chi connectivity index (χ2v) is 5.81. The first-order valence-corrected chi connectivity index (χ1v) is 6.76. The van der Waals surface area contributed by atoms with E-state index in [1.807, 2.05) is 18.2 Å². The van der Waals surface area contributed by atoms with Gasteiger partial charge in [0.25, 0.3) is 5.91 Å². The zero-order chi connectivity index (χ0) is 12.3. The topological polar surface area (TPSA) is 38.3 Å². The number of hydrogen-bond donors (Lipinski definition) is 1. The summed E-state index contributed by atoms with van der Waals surface area (Å²) >= 11 is 3.45. The molecule has 1 amide bonds. The molecule has 0 saturated carbocycles. The molecule has 1 aromatic carbocycles. The molecule has 0 fully saturated rings. The van der Waals surface area contributed by atoms with E-state index in [4.69, 9.17) is 4.74 Å². The van der Waals surface area contributed by atoms with Crippen molar-refractivity contribution >= 4 is 21.8 Å². The van der Waals surface area contributed by atoms with Gasteiger partial charge in [-0.15, -0.1) is 0 Å². The van der Waals surface area contributed by atoms with E-state index in [1.165, 1.54) is 0 Å². The summed E-state index contributed by atoms with van der Waals surface area (Å²) < 4.78 is 5.41. The lowest BCUT2D eigenvalue weighted by Gasteiger charge is -2.07.